The van der Waals surface area contributed by atoms with Gasteiger partial charge in [0.2, 0.25) is 0 Å². The lowest BCUT2D eigenvalue weighted by molar-refractivity contribution is 0.101. The fourth-order valence-electron chi connectivity index (χ4n) is 3.76. The van der Waals surface area contributed by atoms with Gasteiger partial charge < -0.3 is 15.3 Å². The van der Waals surface area contributed by atoms with Gasteiger partial charge in [-0.15, -0.1) is 0 Å². The molecule has 5 heteroatoms. The predicted octanol–water partition coefficient (Wildman–Crippen LogP) is 4.48. The summed E-state index contributed by atoms with van der Waals surface area (Å²) in [6.07, 6.45) is 0. The average Bonchev–Trinajstić information content (AvgIpc) is 3.12. The highest BCUT2D eigenvalue weighted by molar-refractivity contribution is 5.98. The molecule has 0 spiro atoms. The molecule has 0 radical (unpaired) electrons. The van der Waals surface area contributed by atoms with Crippen LogP contribution in [0.4, 0.5) is 5.69 Å². The number of rotatable bonds is 4. The standard InChI is InChI=1S/C22H22N4O/c1-13-20(15(3)27)14(2)24-21(13)22-25-18-10-9-17(23)11-19(18)26(22)12-16-7-5-4-6-8-16/h4-11,24H,12,23H2,1-3H3. The maximum atomic E-state index is 12.1. The summed E-state index contributed by atoms with van der Waals surface area (Å²) in [7, 11) is 0. The van der Waals surface area contributed by atoms with Crippen LogP contribution < -0.4 is 5.73 Å². The number of hydrogen-bond acceptors (Lipinski definition) is 3. The Kier molecular flexibility index (Phi) is 4.07. The first-order chi connectivity index (χ1) is 13.0. The number of nitrogen functional groups attached to an aromatic ring is 1. The van der Waals surface area contributed by atoms with E-state index in [2.05, 4.69) is 21.7 Å². The van der Waals surface area contributed by atoms with E-state index < -0.39 is 0 Å². The van der Waals surface area contributed by atoms with Crippen molar-refractivity contribution >= 4 is 22.5 Å². The summed E-state index contributed by atoms with van der Waals surface area (Å²) in [6, 6.07) is 16.0. The van der Waals surface area contributed by atoms with Gasteiger partial charge in [0.05, 0.1) is 16.7 Å². The Morgan fingerprint density at radius 2 is 1.89 bits per heavy atom. The number of H-pyrrole nitrogens is 1. The summed E-state index contributed by atoms with van der Waals surface area (Å²) < 4.78 is 2.16. The molecule has 0 saturated heterocycles. The Bertz CT molecular complexity index is 1150. The number of aromatic amines is 1. The van der Waals surface area contributed by atoms with E-state index in [0.717, 1.165) is 39.4 Å². The fourth-order valence-corrected chi connectivity index (χ4v) is 3.76. The molecule has 27 heavy (non-hydrogen) atoms. The molecule has 2 aromatic carbocycles. The van der Waals surface area contributed by atoms with Crippen molar-refractivity contribution in [2.45, 2.75) is 27.3 Å². The molecule has 2 aromatic heterocycles. The molecule has 4 rings (SSSR count). The van der Waals surface area contributed by atoms with Gasteiger partial charge in [0.15, 0.2) is 11.6 Å². The van der Waals surface area contributed by atoms with E-state index in [4.69, 9.17) is 10.7 Å². The van der Waals surface area contributed by atoms with E-state index in [0.29, 0.717) is 12.2 Å². The lowest BCUT2D eigenvalue weighted by Crippen LogP contribution is -2.03. The Balaban J connectivity index is 1.97. The highest BCUT2D eigenvalue weighted by atomic mass is 16.1. The molecule has 0 fully saturated rings. The number of aromatic nitrogens is 3. The van der Waals surface area contributed by atoms with Gasteiger partial charge in [-0.1, -0.05) is 30.3 Å². The van der Waals surface area contributed by atoms with Gasteiger partial charge in [-0.2, -0.15) is 0 Å². The summed E-state index contributed by atoms with van der Waals surface area (Å²) in [6.45, 7) is 6.16. The number of ketones is 1. The largest absolute Gasteiger partial charge is 0.399 e. The Morgan fingerprint density at radius 1 is 1.15 bits per heavy atom. The Hall–Kier alpha value is -3.34. The number of benzene rings is 2. The molecule has 136 valence electrons. The van der Waals surface area contributed by atoms with Crippen LogP contribution in [0.5, 0.6) is 0 Å². The van der Waals surface area contributed by atoms with Gasteiger partial charge in [-0.05, 0) is 50.1 Å². The van der Waals surface area contributed by atoms with Crippen molar-refractivity contribution in [3.63, 3.8) is 0 Å². The van der Waals surface area contributed by atoms with Crippen molar-refractivity contribution in [2.24, 2.45) is 0 Å². The van der Waals surface area contributed by atoms with Crippen LogP contribution in [0.1, 0.15) is 34.1 Å². The van der Waals surface area contributed by atoms with Crippen LogP contribution in [0.3, 0.4) is 0 Å². The second kappa shape index (κ2) is 6.43. The molecular formula is C22H22N4O. The third-order valence-corrected chi connectivity index (χ3v) is 4.97. The van der Waals surface area contributed by atoms with E-state index in [1.54, 1.807) is 6.92 Å². The fraction of sp³-hybridized carbons (Fsp3) is 0.182. The van der Waals surface area contributed by atoms with Gasteiger partial charge in [0.1, 0.15) is 0 Å². The topological polar surface area (TPSA) is 76.7 Å². The van der Waals surface area contributed by atoms with Crippen LogP contribution in [0.25, 0.3) is 22.6 Å². The van der Waals surface area contributed by atoms with Gasteiger partial charge in [0.25, 0.3) is 0 Å². The maximum absolute atomic E-state index is 12.1. The third kappa shape index (κ3) is 2.91. The smallest absolute Gasteiger partial charge is 0.161 e. The average molecular weight is 358 g/mol. The zero-order valence-corrected chi connectivity index (χ0v) is 15.7. The molecule has 0 atom stereocenters. The summed E-state index contributed by atoms with van der Waals surface area (Å²) in [5.41, 5.74) is 13.2. The summed E-state index contributed by atoms with van der Waals surface area (Å²) in [5.74, 6) is 0.870. The predicted molar refractivity (Wildman–Crippen MR) is 109 cm³/mol. The zero-order chi connectivity index (χ0) is 19.1. The molecule has 0 aliphatic heterocycles. The zero-order valence-electron chi connectivity index (χ0n) is 15.7. The Labute approximate surface area is 157 Å². The number of fused-ring (bicyclic) bond motifs is 1. The van der Waals surface area contributed by atoms with Gasteiger partial charge in [-0.3, -0.25) is 4.79 Å². The highest BCUT2D eigenvalue weighted by Crippen LogP contribution is 2.31. The van der Waals surface area contributed by atoms with Crippen LogP contribution in [-0.2, 0) is 6.54 Å². The summed E-state index contributed by atoms with van der Waals surface area (Å²) in [4.78, 5) is 20.3. The van der Waals surface area contributed by atoms with Crippen molar-refractivity contribution in [3.05, 3.63) is 70.9 Å². The first-order valence-electron chi connectivity index (χ1n) is 8.96. The van der Waals surface area contributed by atoms with Crippen molar-refractivity contribution in [1.29, 1.82) is 0 Å². The number of imidazole rings is 1. The molecule has 0 saturated carbocycles. The lowest BCUT2D eigenvalue weighted by atomic mass is 10.1. The molecule has 0 aliphatic rings. The van der Waals surface area contributed by atoms with Gasteiger partial charge in [-0.25, -0.2) is 4.98 Å². The van der Waals surface area contributed by atoms with Crippen molar-refractivity contribution < 1.29 is 4.79 Å². The summed E-state index contributed by atoms with van der Waals surface area (Å²) >= 11 is 0. The quantitative estimate of drug-likeness (QED) is 0.417. The first kappa shape index (κ1) is 17.1. The van der Waals surface area contributed by atoms with Crippen LogP contribution in [0.2, 0.25) is 0 Å². The Morgan fingerprint density at radius 3 is 2.56 bits per heavy atom. The number of carbonyl (C=O) groups excluding carboxylic acids is 1. The maximum Gasteiger partial charge on any atom is 0.161 e. The second-order valence-corrected chi connectivity index (χ2v) is 6.94. The normalized spacial score (nSPS) is 11.2. The molecule has 2 heterocycles. The number of aryl methyl sites for hydroxylation is 1. The minimum Gasteiger partial charge on any atom is -0.399 e. The molecule has 0 bridgehead atoms. The molecule has 4 aromatic rings. The second-order valence-electron chi connectivity index (χ2n) is 6.94. The minimum absolute atomic E-state index is 0.0578. The van der Waals surface area contributed by atoms with E-state index in [-0.39, 0.29) is 5.78 Å². The monoisotopic (exact) mass is 358 g/mol. The SMILES string of the molecule is CC(=O)c1c(C)[nH]c(-c2nc3ccc(N)cc3n2Cc2ccccc2)c1C. The van der Waals surface area contributed by atoms with E-state index in [1.807, 2.05) is 50.2 Å². The number of nitrogens with zero attached hydrogens (tertiary/aromatic N) is 2. The number of nitrogens with one attached hydrogen (secondary N) is 1. The van der Waals surface area contributed by atoms with Crippen LogP contribution in [0, 0.1) is 13.8 Å². The number of hydrogen-bond donors (Lipinski definition) is 2. The van der Waals surface area contributed by atoms with E-state index in [1.165, 1.54) is 5.56 Å². The number of nitrogens with two attached hydrogens (primary N) is 1. The van der Waals surface area contributed by atoms with Crippen molar-refractivity contribution in [2.75, 3.05) is 5.73 Å². The number of Topliss-reactive ketones (excluding diaryl/α,β-unsaturated/α-hetero) is 1. The van der Waals surface area contributed by atoms with E-state index >= 15 is 0 Å². The van der Waals surface area contributed by atoms with Gasteiger partial charge >= 0.3 is 0 Å². The highest BCUT2D eigenvalue weighted by Gasteiger charge is 2.21. The number of anilines is 1. The first-order valence-corrected chi connectivity index (χ1v) is 8.96. The van der Waals surface area contributed by atoms with E-state index in [9.17, 15) is 4.79 Å². The molecule has 3 N–H and O–H groups in total. The van der Waals surface area contributed by atoms with Crippen LogP contribution in [-0.4, -0.2) is 20.3 Å². The van der Waals surface area contributed by atoms with Crippen LogP contribution in [0.15, 0.2) is 48.5 Å². The summed E-state index contributed by atoms with van der Waals surface area (Å²) in [5, 5.41) is 0. The molecule has 0 unspecified atom stereocenters. The molecule has 0 amide bonds. The van der Waals surface area contributed by atoms with Crippen molar-refractivity contribution in [3.8, 4) is 11.5 Å². The molecule has 5 nitrogen and oxygen atoms in total. The number of carbonyl (C=O) groups is 1. The third-order valence-electron chi connectivity index (χ3n) is 4.97. The van der Waals surface area contributed by atoms with Crippen LogP contribution >= 0.6 is 0 Å². The van der Waals surface area contributed by atoms with Crippen molar-refractivity contribution in [1.82, 2.24) is 14.5 Å². The molecular weight excluding hydrogens is 336 g/mol. The van der Waals surface area contributed by atoms with Gasteiger partial charge in [0, 0.05) is 23.5 Å². The minimum atomic E-state index is 0.0578. The lowest BCUT2D eigenvalue weighted by Gasteiger charge is -2.10. The molecule has 0 aliphatic carbocycles.